The molecule has 1 aliphatic rings. The van der Waals surface area contributed by atoms with Gasteiger partial charge in [-0.25, -0.2) is 0 Å². The average molecular weight is 208 g/mol. The highest BCUT2D eigenvalue weighted by Crippen LogP contribution is 2.12. The number of hydrogen-bond acceptors (Lipinski definition) is 1. The molecule has 0 radical (unpaired) electrons. The summed E-state index contributed by atoms with van der Waals surface area (Å²) in [5, 5.41) is 0. The summed E-state index contributed by atoms with van der Waals surface area (Å²) < 4.78 is 0. The number of Topliss-reactive ketones (excluding diaryl/α,β-unsaturated/α-hetero) is 1. The Kier molecular flexibility index (Phi) is 7.24. The minimum atomic E-state index is 0.420. The highest BCUT2D eigenvalue weighted by molar-refractivity contribution is 5.79. The Morgan fingerprint density at radius 3 is 2.07 bits per heavy atom. The molecule has 0 heterocycles. The SMILES string of the molecule is O=C1C/C=C\CCCCCCCCCC1. The fourth-order valence-corrected chi connectivity index (χ4v) is 2.08. The first-order chi connectivity index (χ1) is 7.39. The van der Waals surface area contributed by atoms with Crippen molar-refractivity contribution in [1.82, 2.24) is 0 Å². The third-order valence-corrected chi connectivity index (χ3v) is 3.09. The Labute approximate surface area is 93.9 Å². The quantitative estimate of drug-likeness (QED) is 0.539. The number of rotatable bonds is 0. The molecule has 0 spiro atoms. The van der Waals surface area contributed by atoms with Crippen molar-refractivity contribution in [2.24, 2.45) is 0 Å². The largest absolute Gasteiger partial charge is 0.299 e. The minimum absolute atomic E-state index is 0.420. The summed E-state index contributed by atoms with van der Waals surface area (Å²) in [6.45, 7) is 0. The van der Waals surface area contributed by atoms with E-state index in [2.05, 4.69) is 12.2 Å². The number of carbonyl (C=O) groups is 1. The molecule has 0 aromatic carbocycles. The number of carbonyl (C=O) groups excluding carboxylic acids is 1. The van der Waals surface area contributed by atoms with Gasteiger partial charge in [-0.2, -0.15) is 0 Å². The molecule has 1 rings (SSSR count). The second-order valence-electron chi connectivity index (χ2n) is 4.58. The Hall–Kier alpha value is -0.590. The van der Waals surface area contributed by atoms with Gasteiger partial charge >= 0.3 is 0 Å². The van der Waals surface area contributed by atoms with Crippen molar-refractivity contribution in [3.8, 4) is 0 Å². The number of hydrogen-bond donors (Lipinski definition) is 0. The van der Waals surface area contributed by atoms with Crippen molar-refractivity contribution in [2.75, 3.05) is 0 Å². The van der Waals surface area contributed by atoms with E-state index in [-0.39, 0.29) is 0 Å². The summed E-state index contributed by atoms with van der Waals surface area (Å²) in [4.78, 5) is 11.4. The van der Waals surface area contributed by atoms with E-state index in [0.717, 1.165) is 19.3 Å². The molecule has 1 heteroatoms. The smallest absolute Gasteiger partial charge is 0.136 e. The zero-order valence-electron chi connectivity index (χ0n) is 9.84. The van der Waals surface area contributed by atoms with E-state index in [1.54, 1.807) is 0 Å². The lowest BCUT2D eigenvalue weighted by molar-refractivity contribution is -0.118. The topological polar surface area (TPSA) is 17.1 Å². The first-order valence-corrected chi connectivity index (χ1v) is 6.56. The molecule has 0 amide bonds. The van der Waals surface area contributed by atoms with Crippen LogP contribution in [0.4, 0.5) is 0 Å². The monoisotopic (exact) mass is 208 g/mol. The van der Waals surface area contributed by atoms with Gasteiger partial charge in [-0.05, 0) is 19.3 Å². The van der Waals surface area contributed by atoms with Crippen LogP contribution in [0.5, 0.6) is 0 Å². The maximum atomic E-state index is 11.4. The summed E-state index contributed by atoms with van der Waals surface area (Å²) in [6.07, 6.45) is 17.3. The lowest BCUT2D eigenvalue weighted by Crippen LogP contribution is -1.95. The van der Waals surface area contributed by atoms with Crippen LogP contribution >= 0.6 is 0 Å². The fraction of sp³-hybridized carbons (Fsp3) is 0.786. The maximum Gasteiger partial charge on any atom is 0.136 e. The molecule has 0 aromatic rings. The Morgan fingerprint density at radius 1 is 0.733 bits per heavy atom. The minimum Gasteiger partial charge on any atom is -0.299 e. The van der Waals surface area contributed by atoms with Gasteiger partial charge in [-0.15, -0.1) is 0 Å². The van der Waals surface area contributed by atoms with Crippen LogP contribution in [0.2, 0.25) is 0 Å². The molecule has 0 aliphatic heterocycles. The van der Waals surface area contributed by atoms with Gasteiger partial charge in [0.1, 0.15) is 5.78 Å². The maximum absolute atomic E-state index is 11.4. The lowest BCUT2D eigenvalue weighted by Gasteiger charge is -2.02. The molecule has 0 fully saturated rings. The standard InChI is InChI=1S/C14H24O/c15-14-12-10-8-6-4-2-1-3-5-7-9-11-13-14/h8,10H,1-7,9,11-13H2/b10-8-. The third kappa shape index (κ3) is 7.35. The molecule has 1 nitrogen and oxygen atoms in total. The number of allylic oxidation sites excluding steroid dienone is 2. The van der Waals surface area contributed by atoms with Crippen molar-refractivity contribution >= 4 is 5.78 Å². The van der Waals surface area contributed by atoms with Crippen molar-refractivity contribution in [3.63, 3.8) is 0 Å². The van der Waals surface area contributed by atoms with E-state index in [4.69, 9.17) is 0 Å². The normalized spacial score (nSPS) is 24.4. The summed E-state index contributed by atoms with van der Waals surface area (Å²) in [6, 6.07) is 0. The third-order valence-electron chi connectivity index (χ3n) is 3.09. The predicted molar refractivity (Wildman–Crippen MR) is 64.9 cm³/mol. The van der Waals surface area contributed by atoms with E-state index in [1.807, 2.05) is 0 Å². The molecule has 0 saturated carbocycles. The van der Waals surface area contributed by atoms with Gasteiger partial charge in [0.15, 0.2) is 0 Å². The van der Waals surface area contributed by atoms with Crippen LogP contribution in [-0.4, -0.2) is 5.78 Å². The van der Waals surface area contributed by atoms with Gasteiger partial charge in [-0.1, -0.05) is 50.7 Å². The molecule has 86 valence electrons. The van der Waals surface area contributed by atoms with Crippen LogP contribution in [0, 0.1) is 0 Å². The van der Waals surface area contributed by atoms with Crippen molar-refractivity contribution < 1.29 is 4.79 Å². The van der Waals surface area contributed by atoms with Crippen LogP contribution in [0.15, 0.2) is 12.2 Å². The summed E-state index contributed by atoms with van der Waals surface area (Å²) in [5.41, 5.74) is 0. The van der Waals surface area contributed by atoms with E-state index in [9.17, 15) is 4.79 Å². The van der Waals surface area contributed by atoms with E-state index < -0.39 is 0 Å². The lowest BCUT2D eigenvalue weighted by atomic mass is 10.0. The van der Waals surface area contributed by atoms with Gasteiger partial charge in [-0.3, -0.25) is 4.79 Å². The van der Waals surface area contributed by atoms with E-state index >= 15 is 0 Å². The number of ketones is 1. The first kappa shape index (κ1) is 12.5. The van der Waals surface area contributed by atoms with Gasteiger partial charge in [0.05, 0.1) is 0 Å². The van der Waals surface area contributed by atoms with Gasteiger partial charge < -0.3 is 0 Å². The van der Waals surface area contributed by atoms with Crippen LogP contribution < -0.4 is 0 Å². The molecule has 1 aliphatic carbocycles. The average Bonchev–Trinajstić information content (AvgIpc) is 2.24. The second kappa shape index (κ2) is 8.70. The summed E-state index contributed by atoms with van der Waals surface area (Å²) >= 11 is 0. The van der Waals surface area contributed by atoms with Crippen molar-refractivity contribution in [3.05, 3.63) is 12.2 Å². The van der Waals surface area contributed by atoms with Crippen molar-refractivity contribution in [2.45, 2.75) is 70.6 Å². The Balaban J connectivity index is 2.22. The van der Waals surface area contributed by atoms with Crippen LogP contribution in [0.1, 0.15) is 70.6 Å². The van der Waals surface area contributed by atoms with Gasteiger partial charge in [0.25, 0.3) is 0 Å². The summed E-state index contributed by atoms with van der Waals surface area (Å²) in [5.74, 6) is 0.420. The first-order valence-electron chi connectivity index (χ1n) is 6.56. The van der Waals surface area contributed by atoms with E-state index in [0.29, 0.717) is 12.2 Å². The fourth-order valence-electron chi connectivity index (χ4n) is 2.08. The van der Waals surface area contributed by atoms with Gasteiger partial charge in [0.2, 0.25) is 0 Å². The molecule has 0 unspecified atom stereocenters. The molecule has 0 N–H and O–H groups in total. The molecule has 0 atom stereocenters. The Morgan fingerprint density at radius 2 is 1.33 bits per heavy atom. The predicted octanol–water partition coefficient (Wildman–Crippen LogP) is 4.42. The molecule has 0 saturated heterocycles. The molecule has 0 aromatic heterocycles. The highest BCUT2D eigenvalue weighted by atomic mass is 16.1. The molecule has 0 bridgehead atoms. The van der Waals surface area contributed by atoms with Crippen molar-refractivity contribution in [1.29, 1.82) is 0 Å². The highest BCUT2D eigenvalue weighted by Gasteiger charge is 1.99. The Bertz CT molecular complexity index is 194. The van der Waals surface area contributed by atoms with Crippen LogP contribution in [0.25, 0.3) is 0 Å². The van der Waals surface area contributed by atoms with E-state index in [1.165, 1.54) is 44.9 Å². The molecule has 15 heavy (non-hydrogen) atoms. The molecular weight excluding hydrogens is 184 g/mol. The second-order valence-corrected chi connectivity index (χ2v) is 4.58. The summed E-state index contributed by atoms with van der Waals surface area (Å²) in [7, 11) is 0. The zero-order chi connectivity index (χ0) is 10.8. The van der Waals surface area contributed by atoms with Gasteiger partial charge in [0, 0.05) is 12.8 Å². The zero-order valence-corrected chi connectivity index (χ0v) is 9.84. The van der Waals surface area contributed by atoms with Crippen LogP contribution in [-0.2, 0) is 4.79 Å². The van der Waals surface area contributed by atoms with Crippen LogP contribution in [0.3, 0.4) is 0 Å². The molecular formula is C14H24O.